The Bertz CT molecular complexity index is 693. The average Bonchev–Trinajstić information content (AvgIpc) is 2.61. The minimum absolute atomic E-state index is 0.0852. The van der Waals surface area contributed by atoms with Crippen molar-refractivity contribution in [2.75, 3.05) is 14.2 Å². The van der Waals surface area contributed by atoms with Crippen LogP contribution in [0.15, 0.2) is 48.5 Å². The van der Waals surface area contributed by atoms with Crippen molar-refractivity contribution in [2.45, 2.75) is 19.7 Å². The van der Waals surface area contributed by atoms with Crippen LogP contribution >= 0.6 is 0 Å². The lowest BCUT2D eigenvalue weighted by molar-refractivity contribution is -0.0498. The summed E-state index contributed by atoms with van der Waals surface area (Å²) in [6, 6.07) is 13.4. The molecule has 134 valence electrons. The molecule has 0 spiro atoms. The molecular formula is C18H20F2N2O3. The molecule has 0 bridgehead atoms. The summed E-state index contributed by atoms with van der Waals surface area (Å²) in [5.74, 6) is 0.794. The number of nitrogens with one attached hydrogen (secondary N) is 1. The number of carbonyl (C=O) groups is 1. The molecule has 2 aromatic carbocycles. The zero-order chi connectivity index (χ0) is 18.2. The van der Waals surface area contributed by atoms with Crippen LogP contribution in [0.25, 0.3) is 0 Å². The standard InChI is InChI=1S/C18H20F2N2O3/c1-22(12-13-7-9-15(10-8-13)25-17(19)20)18(23)21-11-14-5-3-4-6-16(14)24-2/h3-10,17H,11-12H2,1-2H3,(H,21,23). The van der Waals surface area contributed by atoms with E-state index >= 15 is 0 Å². The lowest BCUT2D eigenvalue weighted by atomic mass is 10.2. The Kier molecular flexibility index (Phi) is 6.56. The number of para-hydroxylation sites is 1. The van der Waals surface area contributed by atoms with Crippen molar-refractivity contribution in [1.82, 2.24) is 10.2 Å². The number of halogens is 2. The maximum Gasteiger partial charge on any atom is 0.387 e. The molecule has 0 saturated carbocycles. The van der Waals surface area contributed by atoms with Crippen LogP contribution in [0.5, 0.6) is 11.5 Å². The SMILES string of the molecule is COc1ccccc1CNC(=O)N(C)Cc1ccc(OC(F)F)cc1. The van der Waals surface area contributed by atoms with Crippen molar-refractivity contribution in [3.63, 3.8) is 0 Å². The summed E-state index contributed by atoms with van der Waals surface area (Å²) in [4.78, 5) is 13.7. The molecular weight excluding hydrogens is 330 g/mol. The Morgan fingerprint density at radius 1 is 1.16 bits per heavy atom. The van der Waals surface area contributed by atoms with Gasteiger partial charge < -0.3 is 19.7 Å². The van der Waals surface area contributed by atoms with Gasteiger partial charge in [-0.2, -0.15) is 8.78 Å². The third kappa shape index (κ3) is 5.63. The molecule has 2 rings (SSSR count). The van der Waals surface area contributed by atoms with Gasteiger partial charge in [0.1, 0.15) is 11.5 Å². The van der Waals surface area contributed by atoms with Gasteiger partial charge in [0, 0.05) is 25.7 Å². The molecule has 0 unspecified atom stereocenters. The third-order valence-electron chi connectivity index (χ3n) is 3.54. The van der Waals surface area contributed by atoms with Crippen LogP contribution in [0, 0.1) is 0 Å². The number of hydrogen-bond donors (Lipinski definition) is 1. The minimum atomic E-state index is -2.85. The number of nitrogens with zero attached hydrogens (tertiary/aromatic N) is 1. The molecule has 0 aliphatic rings. The van der Waals surface area contributed by atoms with Gasteiger partial charge in [0.05, 0.1) is 7.11 Å². The first-order chi connectivity index (χ1) is 12.0. The Labute approximate surface area is 145 Å². The Hall–Kier alpha value is -2.83. The summed E-state index contributed by atoms with van der Waals surface area (Å²) in [7, 11) is 3.23. The van der Waals surface area contributed by atoms with Gasteiger partial charge >= 0.3 is 12.6 Å². The fourth-order valence-electron chi connectivity index (χ4n) is 2.28. The summed E-state index contributed by atoms with van der Waals surface area (Å²) in [6.07, 6.45) is 0. The van der Waals surface area contributed by atoms with Crippen molar-refractivity contribution in [3.8, 4) is 11.5 Å². The number of carbonyl (C=O) groups excluding carboxylic acids is 1. The van der Waals surface area contributed by atoms with E-state index in [0.29, 0.717) is 18.8 Å². The summed E-state index contributed by atoms with van der Waals surface area (Å²) in [5.41, 5.74) is 1.68. The van der Waals surface area contributed by atoms with E-state index in [2.05, 4.69) is 10.1 Å². The molecule has 5 nitrogen and oxygen atoms in total. The lowest BCUT2D eigenvalue weighted by Crippen LogP contribution is -2.36. The van der Waals surface area contributed by atoms with Crippen LogP contribution in [-0.2, 0) is 13.1 Å². The van der Waals surface area contributed by atoms with Crippen LogP contribution in [-0.4, -0.2) is 31.7 Å². The van der Waals surface area contributed by atoms with E-state index in [-0.39, 0.29) is 11.8 Å². The van der Waals surface area contributed by atoms with E-state index in [4.69, 9.17) is 4.74 Å². The second-order valence-electron chi connectivity index (χ2n) is 5.35. The van der Waals surface area contributed by atoms with Gasteiger partial charge in [0.2, 0.25) is 0 Å². The van der Waals surface area contributed by atoms with E-state index in [9.17, 15) is 13.6 Å². The van der Waals surface area contributed by atoms with Gasteiger partial charge in [-0.1, -0.05) is 30.3 Å². The highest BCUT2D eigenvalue weighted by atomic mass is 19.3. The van der Waals surface area contributed by atoms with Crippen LogP contribution in [0.4, 0.5) is 13.6 Å². The summed E-state index contributed by atoms with van der Waals surface area (Å²) in [5, 5.41) is 2.81. The first-order valence-corrected chi connectivity index (χ1v) is 7.64. The third-order valence-corrected chi connectivity index (χ3v) is 3.54. The van der Waals surface area contributed by atoms with Gasteiger partial charge in [-0.05, 0) is 23.8 Å². The second-order valence-corrected chi connectivity index (χ2v) is 5.35. The zero-order valence-electron chi connectivity index (χ0n) is 14.0. The first kappa shape index (κ1) is 18.5. The van der Waals surface area contributed by atoms with Gasteiger partial charge in [0.15, 0.2) is 0 Å². The second kappa shape index (κ2) is 8.86. The monoisotopic (exact) mass is 350 g/mol. The number of amides is 2. The number of rotatable bonds is 7. The predicted octanol–water partition coefficient (Wildman–Crippen LogP) is 3.64. The molecule has 0 saturated heterocycles. The number of ether oxygens (including phenoxy) is 2. The number of benzene rings is 2. The van der Waals surface area contributed by atoms with Crippen LogP contribution in [0.2, 0.25) is 0 Å². The van der Waals surface area contributed by atoms with Crippen molar-refractivity contribution in [2.24, 2.45) is 0 Å². The minimum Gasteiger partial charge on any atom is -0.496 e. The zero-order valence-corrected chi connectivity index (χ0v) is 14.0. The van der Waals surface area contributed by atoms with Gasteiger partial charge in [-0.25, -0.2) is 4.79 Å². The van der Waals surface area contributed by atoms with E-state index in [0.717, 1.165) is 11.1 Å². The Morgan fingerprint density at radius 2 is 1.84 bits per heavy atom. The van der Waals surface area contributed by atoms with Crippen molar-refractivity contribution >= 4 is 6.03 Å². The lowest BCUT2D eigenvalue weighted by Gasteiger charge is -2.19. The molecule has 25 heavy (non-hydrogen) atoms. The molecule has 0 fully saturated rings. The molecule has 0 atom stereocenters. The molecule has 2 aromatic rings. The van der Waals surface area contributed by atoms with E-state index in [1.807, 2.05) is 24.3 Å². The summed E-state index contributed by atoms with van der Waals surface area (Å²) in [6.45, 7) is -2.17. The van der Waals surface area contributed by atoms with Crippen molar-refractivity contribution < 1.29 is 23.0 Å². The number of urea groups is 1. The average molecular weight is 350 g/mol. The van der Waals surface area contributed by atoms with Crippen LogP contribution in [0.3, 0.4) is 0 Å². The predicted molar refractivity (Wildman–Crippen MR) is 89.8 cm³/mol. The molecule has 0 radical (unpaired) electrons. The number of alkyl halides is 2. The summed E-state index contributed by atoms with van der Waals surface area (Å²) < 4.78 is 33.8. The Morgan fingerprint density at radius 3 is 2.48 bits per heavy atom. The topological polar surface area (TPSA) is 50.8 Å². The number of methoxy groups -OCH3 is 1. The molecule has 2 amide bonds. The number of hydrogen-bond acceptors (Lipinski definition) is 3. The Balaban J connectivity index is 1.87. The van der Waals surface area contributed by atoms with Crippen molar-refractivity contribution in [3.05, 3.63) is 59.7 Å². The van der Waals surface area contributed by atoms with E-state index in [1.165, 1.54) is 17.0 Å². The molecule has 7 heteroatoms. The normalized spacial score (nSPS) is 10.4. The van der Waals surface area contributed by atoms with Crippen molar-refractivity contribution in [1.29, 1.82) is 0 Å². The van der Waals surface area contributed by atoms with Gasteiger partial charge in [0.25, 0.3) is 0 Å². The maximum absolute atomic E-state index is 12.2. The highest BCUT2D eigenvalue weighted by Gasteiger charge is 2.11. The molecule has 0 aromatic heterocycles. The highest BCUT2D eigenvalue weighted by molar-refractivity contribution is 5.74. The fraction of sp³-hybridized carbons (Fsp3) is 0.278. The van der Waals surface area contributed by atoms with Gasteiger partial charge in [-0.15, -0.1) is 0 Å². The van der Waals surface area contributed by atoms with Crippen LogP contribution in [0.1, 0.15) is 11.1 Å². The maximum atomic E-state index is 12.2. The molecule has 0 aliphatic heterocycles. The molecule has 1 N–H and O–H groups in total. The smallest absolute Gasteiger partial charge is 0.387 e. The quantitative estimate of drug-likeness (QED) is 0.829. The largest absolute Gasteiger partial charge is 0.496 e. The highest BCUT2D eigenvalue weighted by Crippen LogP contribution is 2.17. The van der Waals surface area contributed by atoms with E-state index < -0.39 is 6.61 Å². The van der Waals surface area contributed by atoms with E-state index in [1.54, 1.807) is 26.3 Å². The van der Waals surface area contributed by atoms with Gasteiger partial charge in [-0.3, -0.25) is 0 Å². The summed E-state index contributed by atoms with van der Waals surface area (Å²) >= 11 is 0. The molecule has 0 aliphatic carbocycles. The molecule has 0 heterocycles. The first-order valence-electron chi connectivity index (χ1n) is 7.64. The fourth-order valence-corrected chi connectivity index (χ4v) is 2.28. The van der Waals surface area contributed by atoms with Crippen LogP contribution < -0.4 is 14.8 Å².